The van der Waals surface area contributed by atoms with Gasteiger partial charge < -0.3 is 23.7 Å². The van der Waals surface area contributed by atoms with E-state index in [-0.39, 0.29) is 2.85 Å². The van der Waals surface area contributed by atoms with E-state index in [0.717, 1.165) is 0 Å². The molecule has 0 aliphatic carbocycles. The van der Waals surface area contributed by atoms with Crippen LogP contribution in [0.15, 0.2) is 0 Å². The monoisotopic (exact) mass is 465 g/mol. The van der Waals surface area contributed by atoms with Crippen LogP contribution >= 0.6 is 7.82 Å². The molecule has 0 amide bonds. The van der Waals surface area contributed by atoms with Gasteiger partial charge in [0.2, 0.25) is 0 Å². The highest BCUT2D eigenvalue weighted by Gasteiger charge is 2.13. The molecule has 0 spiro atoms. The van der Waals surface area contributed by atoms with Crippen LogP contribution < -0.4 is 14.7 Å². The molecule has 0 heterocycles. The van der Waals surface area contributed by atoms with Gasteiger partial charge in [0.25, 0.3) is 0 Å². The van der Waals surface area contributed by atoms with Crippen molar-refractivity contribution in [3.63, 3.8) is 0 Å². The zero-order chi connectivity index (χ0) is 23.8. The molecule has 6 heteroatoms. The van der Waals surface area contributed by atoms with Crippen LogP contribution in [0.3, 0.4) is 0 Å². The first kappa shape index (κ1) is 33.2. The van der Waals surface area contributed by atoms with Gasteiger partial charge in [-0.25, -0.2) is 0 Å². The Hall–Kier alpha value is 0.0700. The molecule has 0 aromatic carbocycles. The Kier molecular flexibility index (Phi) is 24.9. The lowest BCUT2D eigenvalue weighted by Gasteiger charge is -2.36. The molecular formula is C25H56NO4P. The van der Waals surface area contributed by atoms with E-state index in [1.54, 1.807) is 0 Å². The number of quaternary nitrogens is 1. The number of phosphoric acid groups is 1. The summed E-state index contributed by atoms with van der Waals surface area (Å²) in [5.41, 5.74) is 0. The van der Waals surface area contributed by atoms with E-state index in [2.05, 4.69) is 27.9 Å². The molecule has 0 aliphatic rings. The van der Waals surface area contributed by atoms with Crippen LogP contribution in [0, 0.1) is 0 Å². The molecule has 0 fully saturated rings. The Morgan fingerprint density at radius 1 is 0.516 bits per heavy atom. The van der Waals surface area contributed by atoms with Gasteiger partial charge in [-0.05, 0) is 25.7 Å². The number of unbranched alkanes of at least 4 members (excludes halogenated alkanes) is 17. The van der Waals surface area contributed by atoms with Gasteiger partial charge in [0.15, 0.2) is 0 Å². The van der Waals surface area contributed by atoms with Crippen molar-refractivity contribution in [3.05, 3.63) is 0 Å². The summed E-state index contributed by atoms with van der Waals surface area (Å²) in [7, 11) is -0.503. The van der Waals surface area contributed by atoms with Crippen LogP contribution in [-0.4, -0.2) is 31.7 Å². The normalized spacial score (nSPS) is 12.0. The molecule has 0 saturated carbocycles. The second-order valence-corrected chi connectivity index (χ2v) is 10.7. The minimum atomic E-state index is -5.39. The highest BCUT2D eigenvalue weighted by molar-refractivity contribution is 7.40. The second kappa shape index (κ2) is 23.2. The third kappa shape index (κ3) is 37.7. The van der Waals surface area contributed by atoms with Crippen LogP contribution in [0.2, 0.25) is 0 Å². The van der Waals surface area contributed by atoms with Gasteiger partial charge in [0.1, 0.15) is 0 Å². The summed E-state index contributed by atoms with van der Waals surface area (Å²) in [4.78, 5) is 25.6. The van der Waals surface area contributed by atoms with Crippen molar-refractivity contribution in [2.75, 3.05) is 27.2 Å². The topological polar surface area (TPSA) is 86.2 Å². The molecule has 0 aromatic rings. The fourth-order valence-corrected chi connectivity index (χ4v) is 3.99. The molecule has 0 bridgehead atoms. The van der Waals surface area contributed by atoms with E-state index in [4.69, 9.17) is 19.2 Å². The molecule has 0 N–H and O–H groups in total. The highest BCUT2D eigenvalue weighted by atomic mass is 31.2. The maximum Gasteiger partial charge on any atom is 1.00 e. The second-order valence-electron chi connectivity index (χ2n) is 9.84. The van der Waals surface area contributed by atoms with Crippen molar-refractivity contribution >= 4 is 7.82 Å². The summed E-state index contributed by atoms with van der Waals surface area (Å²) < 4.78 is 9.79. The molecule has 0 aromatic heterocycles. The predicted molar refractivity (Wildman–Crippen MR) is 131 cm³/mol. The van der Waals surface area contributed by atoms with Crippen molar-refractivity contribution in [2.24, 2.45) is 0 Å². The fraction of sp³-hybridized carbons (Fsp3) is 1.00. The quantitative estimate of drug-likeness (QED) is 0.120. The van der Waals surface area contributed by atoms with Gasteiger partial charge in [0.05, 0.1) is 27.2 Å². The van der Waals surface area contributed by atoms with Gasteiger partial charge in [-0.3, -0.25) is 0 Å². The van der Waals surface area contributed by atoms with Crippen molar-refractivity contribution in [1.82, 2.24) is 0 Å². The van der Waals surface area contributed by atoms with Gasteiger partial charge >= 0.3 is 2.85 Å². The molecule has 0 saturated heterocycles. The summed E-state index contributed by atoms with van der Waals surface area (Å²) in [6, 6.07) is 0. The average molecular weight is 466 g/mol. The number of rotatable bonds is 21. The third-order valence-electron chi connectivity index (χ3n) is 5.98. The summed E-state index contributed by atoms with van der Waals surface area (Å²) in [6.45, 7) is 7.37. The summed E-state index contributed by atoms with van der Waals surface area (Å²) in [5, 5.41) is 0. The molecule has 31 heavy (non-hydrogen) atoms. The predicted octanol–water partition coefficient (Wildman–Crippen LogP) is 5.91. The zero-order valence-corrected chi connectivity index (χ0v) is 22.3. The highest BCUT2D eigenvalue weighted by Crippen LogP contribution is 2.14. The Balaban J connectivity index is -0.000000539. The van der Waals surface area contributed by atoms with Crippen molar-refractivity contribution in [2.45, 2.75) is 136 Å². The van der Waals surface area contributed by atoms with E-state index < -0.39 is 7.82 Å². The number of hydrogen-bond donors (Lipinski definition) is 0. The Morgan fingerprint density at radius 2 is 0.710 bits per heavy atom. The van der Waals surface area contributed by atoms with Gasteiger partial charge in [-0.15, -0.1) is 0 Å². The van der Waals surface area contributed by atoms with Crippen LogP contribution in [0.5, 0.6) is 0 Å². The van der Waals surface area contributed by atoms with E-state index in [9.17, 15) is 0 Å². The van der Waals surface area contributed by atoms with E-state index in [1.807, 2.05) is 0 Å². The molecule has 5 nitrogen and oxygen atoms in total. The van der Waals surface area contributed by atoms with E-state index >= 15 is 0 Å². The standard InChI is InChI=1S/C25H54N.H3O4P/c1-5-7-9-11-13-15-17-19-21-23-25-26(3,4)24-22-20-18-16-14-12-10-8-6-2;1-5(2,3)4/h5-25H2,1-4H3;(H3,1,2,3,4)/q+1;/p-1. The fourth-order valence-electron chi connectivity index (χ4n) is 3.99. The first-order valence-corrected chi connectivity index (χ1v) is 14.6. The minimum absolute atomic E-state index is 0. The van der Waals surface area contributed by atoms with Crippen molar-refractivity contribution in [1.29, 1.82) is 0 Å². The summed E-state index contributed by atoms with van der Waals surface area (Å²) in [6.07, 6.45) is 27.5. The zero-order valence-electron chi connectivity index (χ0n) is 23.4. The molecule has 0 aliphatic heterocycles. The van der Waals surface area contributed by atoms with Crippen LogP contribution in [0.4, 0.5) is 0 Å². The number of nitrogens with zero attached hydrogens (tertiary/aromatic N) is 1. The molecule has 0 unspecified atom stereocenters. The molecule has 190 valence electrons. The molecule has 0 radical (unpaired) electrons. The summed E-state index contributed by atoms with van der Waals surface area (Å²) in [5.74, 6) is 0. The van der Waals surface area contributed by atoms with E-state index in [1.165, 1.54) is 140 Å². The average Bonchev–Trinajstić information content (AvgIpc) is 2.67. The van der Waals surface area contributed by atoms with Crippen molar-refractivity contribution in [3.8, 4) is 0 Å². The van der Waals surface area contributed by atoms with Crippen LogP contribution in [0.25, 0.3) is 0 Å². The summed E-state index contributed by atoms with van der Waals surface area (Å²) >= 11 is 0. The lowest BCUT2D eigenvalue weighted by Crippen LogP contribution is -2.41. The first-order chi connectivity index (χ1) is 14.6. The largest absolute Gasteiger partial charge is 1.00 e. The Morgan fingerprint density at radius 3 is 0.935 bits per heavy atom. The van der Waals surface area contributed by atoms with E-state index in [0.29, 0.717) is 0 Å². The Labute approximate surface area is 197 Å². The maximum absolute atomic E-state index is 8.55. The first-order valence-electron chi connectivity index (χ1n) is 13.2. The molecule has 0 atom stereocenters. The maximum atomic E-state index is 8.55. The smallest absolute Gasteiger partial charge is 0.822 e. The Bertz CT molecular complexity index is 402. The third-order valence-corrected chi connectivity index (χ3v) is 5.98. The minimum Gasteiger partial charge on any atom is -0.822 e. The van der Waals surface area contributed by atoms with Crippen molar-refractivity contribution < 1.29 is 26.6 Å². The van der Waals surface area contributed by atoms with Gasteiger partial charge in [0, 0.05) is 0 Å². The number of hydrogen-bond acceptors (Lipinski definition) is 4. The lowest BCUT2D eigenvalue weighted by molar-refractivity contribution is -0.890. The lowest BCUT2D eigenvalue weighted by atomic mass is 10.1. The van der Waals surface area contributed by atoms with Crippen LogP contribution in [-0.2, 0) is 4.57 Å². The molecule has 0 rings (SSSR count). The van der Waals surface area contributed by atoms with Crippen LogP contribution in [0.1, 0.15) is 139 Å². The molecular weight excluding hydrogens is 409 g/mol. The van der Waals surface area contributed by atoms with Gasteiger partial charge in [-0.1, -0.05) is 110 Å². The van der Waals surface area contributed by atoms with Gasteiger partial charge in [-0.2, -0.15) is 7.82 Å². The SMILES string of the molecule is CCCCCCCCCCCC[N+](C)(C)CCCCCCCCCCC.O=P([O-])([O-])[O-].[H+].[H+].